The van der Waals surface area contributed by atoms with E-state index in [0.29, 0.717) is 22.7 Å². The molecule has 0 saturated carbocycles. The van der Waals surface area contributed by atoms with Crippen LogP contribution in [0.15, 0.2) is 65.1 Å². The third-order valence-corrected chi connectivity index (χ3v) is 4.74. The second kappa shape index (κ2) is 7.37. The van der Waals surface area contributed by atoms with Crippen molar-refractivity contribution in [2.45, 2.75) is 6.92 Å². The molecule has 3 aromatic carbocycles. The number of benzene rings is 3. The van der Waals surface area contributed by atoms with Crippen LogP contribution in [0.3, 0.4) is 0 Å². The van der Waals surface area contributed by atoms with Crippen molar-refractivity contribution in [3.63, 3.8) is 0 Å². The minimum Gasteiger partial charge on any atom is -0.436 e. The van der Waals surface area contributed by atoms with Crippen molar-refractivity contribution in [3.05, 3.63) is 86.9 Å². The van der Waals surface area contributed by atoms with Gasteiger partial charge in [0.25, 0.3) is 11.6 Å². The first-order chi connectivity index (χ1) is 13.9. The molecule has 1 N–H and O–H groups in total. The molecule has 144 valence electrons. The first-order valence-corrected chi connectivity index (χ1v) is 9.02. The number of non-ortho nitro benzene ring substituents is 1. The van der Waals surface area contributed by atoms with E-state index in [9.17, 15) is 14.9 Å². The molecule has 0 fully saturated rings. The van der Waals surface area contributed by atoms with Gasteiger partial charge in [-0.25, -0.2) is 4.98 Å². The summed E-state index contributed by atoms with van der Waals surface area (Å²) in [6.07, 6.45) is 0. The van der Waals surface area contributed by atoms with E-state index in [-0.39, 0.29) is 16.3 Å². The van der Waals surface area contributed by atoms with Crippen molar-refractivity contribution >= 4 is 40.0 Å². The SMILES string of the molecule is Cc1ccccc1-c1nc2cc(NC(=O)c3ccc([N+](=O)[O-])cc3Cl)ccc2o1. The average Bonchev–Trinajstić information content (AvgIpc) is 3.11. The van der Waals surface area contributed by atoms with E-state index >= 15 is 0 Å². The fourth-order valence-corrected chi connectivity index (χ4v) is 3.19. The molecule has 29 heavy (non-hydrogen) atoms. The molecule has 4 aromatic rings. The number of carbonyl (C=O) groups excluding carboxylic acids is 1. The van der Waals surface area contributed by atoms with Crippen LogP contribution in [-0.4, -0.2) is 15.8 Å². The Kier molecular flexibility index (Phi) is 4.74. The van der Waals surface area contributed by atoms with Crippen LogP contribution in [0.4, 0.5) is 11.4 Å². The van der Waals surface area contributed by atoms with Crippen molar-refractivity contribution in [3.8, 4) is 11.5 Å². The number of anilines is 1. The van der Waals surface area contributed by atoms with Crippen molar-refractivity contribution < 1.29 is 14.1 Å². The molecule has 1 amide bonds. The molecule has 0 atom stereocenters. The molecule has 0 bridgehead atoms. The van der Waals surface area contributed by atoms with Gasteiger partial charge >= 0.3 is 0 Å². The van der Waals surface area contributed by atoms with Gasteiger partial charge < -0.3 is 9.73 Å². The summed E-state index contributed by atoms with van der Waals surface area (Å²) in [5.74, 6) is 0.0202. The van der Waals surface area contributed by atoms with E-state index in [1.165, 1.54) is 12.1 Å². The summed E-state index contributed by atoms with van der Waals surface area (Å²) in [4.78, 5) is 27.3. The highest BCUT2D eigenvalue weighted by Crippen LogP contribution is 2.29. The fourth-order valence-electron chi connectivity index (χ4n) is 2.93. The lowest BCUT2D eigenvalue weighted by atomic mass is 10.1. The predicted octanol–water partition coefficient (Wildman–Crippen LogP) is 5.62. The summed E-state index contributed by atoms with van der Waals surface area (Å²) in [5.41, 5.74) is 3.58. The maximum Gasteiger partial charge on any atom is 0.270 e. The highest BCUT2D eigenvalue weighted by molar-refractivity contribution is 6.34. The van der Waals surface area contributed by atoms with Gasteiger partial charge in [-0.2, -0.15) is 0 Å². The predicted molar refractivity (Wildman–Crippen MR) is 110 cm³/mol. The highest BCUT2D eigenvalue weighted by Gasteiger charge is 2.16. The van der Waals surface area contributed by atoms with Gasteiger partial charge in [0.05, 0.1) is 15.5 Å². The number of hydrogen-bond donors (Lipinski definition) is 1. The van der Waals surface area contributed by atoms with E-state index in [4.69, 9.17) is 16.0 Å². The summed E-state index contributed by atoms with van der Waals surface area (Å²) < 4.78 is 5.83. The minimum absolute atomic E-state index is 0.000975. The molecule has 0 unspecified atom stereocenters. The maximum absolute atomic E-state index is 12.5. The third-order valence-electron chi connectivity index (χ3n) is 4.43. The van der Waals surface area contributed by atoms with E-state index < -0.39 is 10.8 Å². The van der Waals surface area contributed by atoms with Crippen LogP contribution in [0, 0.1) is 17.0 Å². The number of halogens is 1. The van der Waals surface area contributed by atoms with Crippen LogP contribution >= 0.6 is 11.6 Å². The molecule has 4 rings (SSSR count). The van der Waals surface area contributed by atoms with Gasteiger partial charge in [0.1, 0.15) is 5.52 Å². The smallest absolute Gasteiger partial charge is 0.270 e. The van der Waals surface area contributed by atoms with Crippen molar-refractivity contribution in [1.29, 1.82) is 0 Å². The Morgan fingerprint density at radius 3 is 2.66 bits per heavy atom. The van der Waals surface area contributed by atoms with Gasteiger partial charge in [0.15, 0.2) is 5.58 Å². The number of hydrogen-bond acceptors (Lipinski definition) is 5. The van der Waals surface area contributed by atoms with Crippen LogP contribution in [0.2, 0.25) is 5.02 Å². The van der Waals surface area contributed by atoms with Crippen LogP contribution in [-0.2, 0) is 0 Å². The van der Waals surface area contributed by atoms with E-state index in [2.05, 4.69) is 10.3 Å². The van der Waals surface area contributed by atoms with Crippen molar-refractivity contribution in [2.75, 3.05) is 5.32 Å². The monoisotopic (exact) mass is 407 g/mol. The number of aryl methyl sites for hydroxylation is 1. The lowest BCUT2D eigenvalue weighted by Gasteiger charge is -2.06. The van der Waals surface area contributed by atoms with Crippen LogP contribution in [0.25, 0.3) is 22.6 Å². The number of nitrogens with zero attached hydrogens (tertiary/aromatic N) is 2. The lowest BCUT2D eigenvalue weighted by Crippen LogP contribution is -2.12. The third kappa shape index (κ3) is 3.68. The highest BCUT2D eigenvalue weighted by atomic mass is 35.5. The van der Waals surface area contributed by atoms with Gasteiger partial charge in [0, 0.05) is 23.4 Å². The van der Waals surface area contributed by atoms with Crippen LogP contribution < -0.4 is 5.32 Å². The molecule has 0 radical (unpaired) electrons. The summed E-state index contributed by atoms with van der Waals surface area (Å²) in [6, 6.07) is 16.6. The molecule has 7 nitrogen and oxygen atoms in total. The number of nitrogens with one attached hydrogen (secondary N) is 1. The number of aromatic nitrogens is 1. The molecule has 8 heteroatoms. The van der Waals surface area contributed by atoms with Gasteiger partial charge in [-0.1, -0.05) is 29.8 Å². The summed E-state index contributed by atoms with van der Waals surface area (Å²) in [7, 11) is 0. The number of carbonyl (C=O) groups is 1. The van der Waals surface area contributed by atoms with Crippen LogP contribution in [0.1, 0.15) is 15.9 Å². The molecule has 0 aliphatic rings. The van der Waals surface area contributed by atoms with Gasteiger partial charge in [-0.15, -0.1) is 0 Å². The molecular formula is C21H14ClN3O4. The number of fused-ring (bicyclic) bond motifs is 1. The standard InChI is InChI=1S/C21H14ClN3O4/c1-12-4-2-3-5-15(12)21-24-18-10-13(6-9-19(18)29-21)23-20(26)16-8-7-14(25(27)28)11-17(16)22/h2-11H,1H3,(H,23,26). The Morgan fingerprint density at radius 1 is 1.14 bits per heavy atom. The van der Waals surface area contributed by atoms with Gasteiger partial charge in [-0.05, 0) is 42.8 Å². The number of rotatable bonds is 4. The van der Waals surface area contributed by atoms with E-state index in [1.807, 2.05) is 31.2 Å². The Balaban J connectivity index is 1.61. The Hall–Kier alpha value is -3.71. The summed E-state index contributed by atoms with van der Waals surface area (Å²) in [5, 5.41) is 13.5. The summed E-state index contributed by atoms with van der Waals surface area (Å²) >= 11 is 6.02. The number of amides is 1. The fraction of sp³-hybridized carbons (Fsp3) is 0.0476. The largest absolute Gasteiger partial charge is 0.436 e. The molecule has 1 heterocycles. The molecule has 0 saturated heterocycles. The zero-order valence-electron chi connectivity index (χ0n) is 15.2. The second-order valence-electron chi connectivity index (χ2n) is 6.39. The Bertz CT molecular complexity index is 1270. The molecule has 0 spiro atoms. The Labute approximate surface area is 170 Å². The second-order valence-corrected chi connectivity index (χ2v) is 6.80. The zero-order valence-corrected chi connectivity index (χ0v) is 15.9. The lowest BCUT2D eigenvalue weighted by molar-refractivity contribution is -0.384. The molecule has 1 aromatic heterocycles. The number of nitro groups is 1. The normalized spacial score (nSPS) is 10.8. The first kappa shape index (κ1) is 18.6. The quantitative estimate of drug-likeness (QED) is 0.350. The molecule has 0 aliphatic carbocycles. The van der Waals surface area contributed by atoms with E-state index in [0.717, 1.165) is 17.2 Å². The van der Waals surface area contributed by atoms with E-state index in [1.54, 1.807) is 18.2 Å². The summed E-state index contributed by atoms with van der Waals surface area (Å²) in [6.45, 7) is 1.98. The first-order valence-electron chi connectivity index (χ1n) is 8.64. The van der Waals surface area contributed by atoms with Gasteiger partial charge in [-0.3, -0.25) is 14.9 Å². The van der Waals surface area contributed by atoms with Crippen LogP contribution in [0.5, 0.6) is 0 Å². The topological polar surface area (TPSA) is 98.3 Å². The molecular weight excluding hydrogens is 394 g/mol. The minimum atomic E-state index is -0.571. The maximum atomic E-state index is 12.5. The number of nitro benzene ring substituents is 1. The average molecular weight is 408 g/mol. The molecule has 0 aliphatic heterocycles. The zero-order chi connectivity index (χ0) is 20.5. The van der Waals surface area contributed by atoms with Crippen molar-refractivity contribution in [1.82, 2.24) is 4.98 Å². The Morgan fingerprint density at radius 2 is 1.93 bits per heavy atom. The van der Waals surface area contributed by atoms with Gasteiger partial charge in [0.2, 0.25) is 5.89 Å². The van der Waals surface area contributed by atoms with Crippen molar-refractivity contribution in [2.24, 2.45) is 0 Å². The number of oxazole rings is 1.